The summed E-state index contributed by atoms with van der Waals surface area (Å²) in [5.41, 5.74) is 0. The van der Waals surface area contributed by atoms with Crippen molar-refractivity contribution in [3.63, 3.8) is 0 Å². The summed E-state index contributed by atoms with van der Waals surface area (Å²) in [6, 6.07) is -0.979. The molecule has 1 saturated heterocycles. The summed E-state index contributed by atoms with van der Waals surface area (Å²) in [6.45, 7) is 7.99. The van der Waals surface area contributed by atoms with E-state index in [9.17, 15) is 14.7 Å². The number of carbonyl (C=O) groups is 2. The summed E-state index contributed by atoms with van der Waals surface area (Å²) in [7, 11) is 1.66. The molecule has 2 atom stereocenters. The molecule has 1 aliphatic rings. The van der Waals surface area contributed by atoms with Crippen LogP contribution < -0.4 is 0 Å². The van der Waals surface area contributed by atoms with Crippen LogP contribution in [0.4, 0.5) is 4.79 Å². The Morgan fingerprint density at radius 3 is 2.67 bits per heavy atom. The molecule has 0 aliphatic carbocycles. The molecule has 1 rings (SSSR count). The second kappa shape index (κ2) is 6.13. The van der Waals surface area contributed by atoms with Gasteiger partial charge in [-0.15, -0.1) is 18.3 Å². The number of urea groups is 1. The molecule has 102 valence electrons. The highest BCUT2D eigenvalue weighted by molar-refractivity contribution is 8.00. The highest BCUT2D eigenvalue weighted by atomic mass is 32.2. The topological polar surface area (TPSA) is 60.9 Å². The average Bonchev–Trinajstić information content (AvgIpc) is 2.72. The fraction of sp³-hybridized carbons (Fsp3) is 0.667. The van der Waals surface area contributed by atoms with Crippen molar-refractivity contribution in [3.05, 3.63) is 12.7 Å². The molecule has 0 radical (unpaired) electrons. The summed E-state index contributed by atoms with van der Waals surface area (Å²) < 4.78 is 0. The molecule has 0 spiro atoms. The Balaban J connectivity index is 2.92. The van der Waals surface area contributed by atoms with Gasteiger partial charge in [-0.3, -0.25) is 4.90 Å². The number of hydrogen-bond acceptors (Lipinski definition) is 3. The second-order valence-electron chi connectivity index (χ2n) is 4.68. The van der Waals surface area contributed by atoms with Gasteiger partial charge in [-0.05, 0) is 5.92 Å². The molecule has 0 aromatic carbocycles. The molecule has 0 aromatic rings. The van der Waals surface area contributed by atoms with Gasteiger partial charge < -0.3 is 10.0 Å². The van der Waals surface area contributed by atoms with Gasteiger partial charge in [-0.1, -0.05) is 19.9 Å². The zero-order valence-corrected chi connectivity index (χ0v) is 11.8. The van der Waals surface area contributed by atoms with E-state index in [0.717, 1.165) is 0 Å². The predicted octanol–water partition coefficient (Wildman–Crippen LogP) is 1.71. The average molecular weight is 272 g/mol. The van der Waals surface area contributed by atoms with E-state index < -0.39 is 12.0 Å². The first-order valence-corrected chi connectivity index (χ1v) is 6.93. The van der Waals surface area contributed by atoms with Gasteiger partial charge in [0.05, 0.1) is 5.37 Å². The summed E-state index contributed by atoms with van der Waals surface area (Å²) in [6.07, 6.45) is 1.63. The molecule has 1 heterocycles. The molecular weight excluding hydrogens is 252 g/mol. The van der Waals surface area contributed by atoms with Crippen molar-refractivity contribution in [1.29, 1.82) is 0 Å². The number of amides is 2. The maximum absolute atomic E-state index is 12.3. The lowest BCUT2D eigenvalue weighted by molar-refractivity contribution is -0.141. The Labute approximate surface area is 112 Å². The van der Waals surface area contributed by atoms with Gasteiger partial charge in [0.2, 0.25) is 0 Å². The molecule has 2 amide bonds. The molecule has 0 aromatic heterocycles. The Morgan fingerprint density at radius 2 is 2.22 bits per heavy atom. The summed E-state index contributed by atoms with van der Waals surface area (Å²) in [4.78, 5) is 26.5. The third-order valence-electron chi connectivity index (χ3n) is 2.84. The minimum Gasteiger partial charge on any atom is -0.480 e. The smallest absolute Gasteiger partial charge is 0.327 e. The summed E-state index contributed by atoms with van der Waals surface area (Å²) in [5, 5.41) is 9.12. The van der Waals surface area contributed by atoms with Gasteiger partial charge in [-0.25, -0.2) is 9.59 Å². The van der Waals surface area contributed by atoms with Crippen molar-refractivity contribution in [2.45, 2.75) is 25.3 Å². The molecular formula is C12H20N2O3S. The molecule has 18 heavy (non-hydrogen) atoms. The molecule has 1 aliphatic heterocycles. The molecule has 1 N–H and O–H groups in total. The van der Waals surface area contributed by atoms with Crippen LogP contribution in [0.5, 0.6) is 0 Å². The van der Waals surface area contributed by atoms with Crippen molar-refractivity contribution in [2.75, 3.05) is 19.3 Å². The van der Waals surface area contributed by atoms with Crippen LogP contribution in [0.25, 0.3) is 0 Å². The normalized spacial score (nSPS) is 23.2. The van der Waals surface area contributed by atoms with Crippen LogP contribution in [0.1, 0.15) is 13.8 Å². The van der Waals surface area contributed by atoms with Crippen LogP contribution in [-0.2, 0) is 4.79 Å². The number of hydrogen-bond donors (Lipinski definition) is 1. The summed E-state index contributed by atoms with van der Waals surface area (Å²) in [5.74, 6) is -0.266. The zero-order chi connectivity index (χ0) is 13.9. The fourth-order valence-corrected chi connectivity index (χ4v) is 3.41. The SMILES string of the molecule is C=CCN(C)C(=O)N1C(C(=O)O)CSC1C(C)C. The van der Waals surface area contributed by atoms with Crippen LogP contribution in [-0.4, -0.2) is 57.7 Å². The van der Waals surface area contributed by atoms with Gasteiger partial charge in [0.25, 0.3) is 0 Å². The molecule has 1 fully saturated rings. The number of aliphatic carboxylic acids is 1. The lowest BCUT2D eigenvalue weighted by Crippen LogP contribution is -2.51. The Bertz CT molecular complexity index is 346. The Morgan fingerprint density at radius 1 is 1.61 bits per heavy atom. The number of nitrogens with zero attached hydrogens (tertiary/aromatic N) is 2. The van der Waals surface area contributed by atoms with Crippen LogP contribution in [0, 0.1) is 5.92 Å². The number of likely N-dealkylation sites (N-methyl/N-ethyl adjacent to an activating group) is 1. The molecule has 6 heteroatoms. The van der Waals surface area contributed by atoms with Crippen LogP contribution in [0.15, 0.2) is 12.7 Å². The predicted molar refractivity (Wildman–Crippen MR) is 72.6 cm³/mol. The monoisotopic (exact) mass is 272 g/mol. The lowest BCUT2D eigenvalue weighted by Gasteiger charge is -2.32. The maximum atomic E-state index is 12.3. The van der Waals surface area contributed by atoms with Crippen molar-refractivity contribution in [1.82, 2.24) is 9.80 Å². The van der Waals surface area contributed by atoms with Gasteiger partial charge in [0.1, 0.15) is 6.04 Å². The Kier molecular flexibility index (Phi) is 5.07. The molecule has 2 unspecified atom stereocenters. The minimum atomic E-state index is -0.939. The van der Waals surface area contributed by atoms with Crippen molar-refractivity contribution < 1.29 is 14.7 Å². The van der Waals surface area contributed by atoms with Crippen molar-refractivity contribution >= 4 is 23.8 Å². The van der Waals surface area contributed by atoms with E-state index in [-0.39, 0.29) is 17.3 Å². The first-order chi connectivity index (χ1) is 8.40. The third-order valence-corrected chi connectivity index (χ3v) is 4.46. The molecule has 0 bridgehead atoms. The van der Waals surface area contributed by atoms with Gasteiger partial charge in [0, 0.05) is 19.3 Å². The van der Waals surface area contributed by atoms with Gasteiger partial charge in [-0.2, -0.15) is 0 Å². The van der Waals surface area contributed by atoms with Crippen LogP contribution in [0.2, 0.25) is 0 Å². The van der Waals surface area contributed by atoms with Gasteiger partial charge >= 0.3 is 12.0 Å². The van der Waals surface area contributed by atoms with E-state index in [2.05, 4.69) is 6.58 Å². The van der Waals surface area contributed by atoms with Gasteiger partial charge in [0.15, 0.2) is 0 Å². The van der Waals surface area contributed by atoms with E-state index >= 15 is 0 Å². The minimum absolute atomic E-state index is 0.0779. The highest BCUT2D eigenvalue weighted by Gasteiger charge is 2.43. The number of rotatable bonds is 4. The molecule has 5 nitrogen and oxygen atoms in total. The lowest BCUT2D eigenvalue weighted by atomic mass is 10.1. The first-order valence-electron chi connectivity index (χ1n) is 5.88. The van der Waals surface area contributed by atoms with E-state index in [1.807, 2.05) is 13.8 Å². The highest BCUT2D eigenvalue weighted by Crippen LogP contribution is 2.34. The van der Waals surface area contributed by atoms with Crippen LogP contribution in [0.3, 0.4) is 0 Å². The van der Waals surface area contributed by atoms with Crippen LogP contribution >= 0.6 is 11.8 Å². The standard InChI is InChI=1S/C12H20N2O3S/c1-5-6-13(4)12(17)14-9(11(15)16)7-18-10(14)8(2)3/h5,8-10H,1,6-7H2,2-4H3,(H,15,16). The summed E-state index contributed by atoms with van der Waals surface area (Å²) >= 11 is 1.53. The van der Waals surface area contributed by atoms with Crippen molar-refractivity contribution in [2.24, 2.45) is 5.92 Å². The largest absolute Gasteiger partial charge is 0.480 e. The second-order valence-corrected chi connectivity index (χ2v) is 5.83. The first kappa shape index (κ1) is 14.9. The number of carboxylic acids is 1. The zero-order valence-electron chi connectivity index (χ0n) is 11.0. The van der Waals surface area contributed by atoms with E-state index in [4.69, 9.17) is 0 Å². The van der Waals surface area contributed by atoms with E-state index in [1.54, 1.807) is 13.1 Å². The quantitative estimate of drug-likeness (QED) is 0.791. The number of carbonyl (C=O) groups excluding carboxylic acids is 1. The number of carboxylic acid groups (broad SMARTS) is 1. The number of thioether (sulfide) groups is 1. The van der Waals surface area contributed by atoms with E-state index in [1.165, 1.54) is 21.6 Å². The van der Waals surface area contributed by atoms with Crippen molar-refractivity contribution in [3.8, 4) is 0 Å². The molecule has 0 saturated carbocycles. The third kappa shape index (κ3) is 2.98. The maximum Gasteiger partial charge on any atom is 0.327 e. The Hall–Kier alpha value is -1.17. The van der Waals surface area contributed by atoms with E-state index in [0.29, 0.717) is 12.3 Å². The fourth-order valence-electron chi connectivity index (χ4n) is 1.94.